The maximum absolute atomic E-state index is 12.7. The SMILES string of the molecule is Cc1ccc2n1CCN(S(=O)(=O)c1cnc(Cl)s1)C2C. The molecule has 20 heavy (non-hydrogen) atoms. The third-order valence-electron chi connectivity index (χ3n) is 3.66. The monoisotopic (exact) mass is 331 g/mol. The van der Waals surface area contributed by atoms with Crippen LogP contribution in [-0.2, 0) is 16.6 Å². The number of nitrogens with zero attached hydrogens (tertiary/aromatic N) is 3. The Hall–Kier alpha value is -0.890. The van der Waals surface area contributed by atoms with Crippen molar-refractivity contribution < 1.29 is 8.42 Å². The molecule has 0 aliphatic carbocycles. The molecule has 1 unspecified atom stereocenters. The van der Waals surface area contributed by atoms with Gasteiger partial charge in [0.15, 0.2) is 8.68 Å². The second-order valence-corrected chi connectivity index (χ2v) is 8.51. The van der Waals surface area contributed by atoms with Crippen LogP contribution in [-0.4, -0.2) is 28.8 Å². The van der Waals surface area contributed by atoms with Gasteiger partial charge in [0.25, 0.3) is 10.0 Å². The largest absolute Gasteiger partial charge is 0.346 e. The highest BCUT2D eigenvalue weighted by molar-refractivity contribution is 7.91. The second kappa shape index (κ2) is 4.84. The Morgan fingerprint density at radius 1 is 1.40 bits per heavy atom. The minimum atomic E-state index is -3.53. The molecule has 0 saturated carbocycles. The molecule has 0 spiro atoms. The number of aryl methyl sites for hydroxylation is 1. The Morgan fingerprint density at radius 2 is 2.15 bits per heavy atom. The Morgan fingerprint density at radius 3 is 2.80 bits per heavy atom. The molecule has 1 aliphatic heterocycles. The molecule has 0 N–H and O–H groups in total. The molecular formula is C12H14ClN3O2S2. The van der Waals surface area contributed by atoms with Crippen molar-refractivity contribution in [3.05, 3.63) is 34.2 Å². The molecule has 2 aromatic rings. The summed E-state index contributed by atoms with van der Waals surface area (Å²) in [6.45, 7) is 5.07. The summed E-state index contributed by atoms with van der Waals surface area (Å²) in [6.07, 6.45) is 1.33. The highest BCUT2D eigenvalue weighted by Crippen LogP contribution is 2.34. The lowest BCUT2D eigenvalue weighted by molar-refractivity contribution is 0.281. The number of aromatic nitrogens is 2. The third kappa shape index (κ3) is 2.09. The van der Waals surface area contributed by atoms with Crippen LogP contribution in [0, 0.1) is 6.92 Å². The summed E-state index contributed by atoms with van der Waals surface area (Å²) in [4.78, 5) is 3.82. The van der Waals surface area contributed by atoms with E-state index < -0.39 is 10.0 Å². The number of hydrogen-bond donors (Lipinski definition) is 0. The van der Waals surface area contributed by atoms with E-state index in [0.717, 1.165) is 22.7 Å². The molecule has 3 heterocycles. The predicted molar refractivity (Wildman–Crippen MR) is 78.6 cm³/mol. The van der Waals surface area contributed by atoms with Gasteiger partial charge in [-0.05, 0) is 26.0 Å². The van der Waals surface area contributed by atoms with Crippen molar-refractivity contribution in [2.75, 3.05) is 6.54 Å². The van der Waals surface area contributed by atoms with Crippen LogP contribution in [0.15, 0.2) is 22.5 Å². The van der Waals surface area contributed by atoms with Crippen molar-refractivity contribution in [2.45, 2.75) is 30.6 Å². The van der Waals surface area contributed by atoms with Gasteiger partial charge in [-0.15, -0.1) is 0 Å². The fourth-order valence-corrected chi connectivity index (χ4v) is 5.62. The Labute approximate surface area is 126 Å². The number of hydrogen-bond acceptors (Lipinski definition) is 4. The summed E-state index contributed by atoms with van der Waals surface area (Å²) in [7, 11) is -3.53. The van der Waals surface area contributed by atoms with E-state index in [-0.39, 0.29) is 14.7 Å². The Bertz CT molecular complexity index is 751. The average molecular weight is 332 g/mol. The lowest BCUT2D eigenvalue weighted by Crippen LogP contribution is -2.40. The summed E-state index contributed by atoms with van der Waals surface area (Å²) >= 11 is 6.74. The van der Waals surface area contributed by atoms with Crippen LogP contribution in [0.4, 0.5) is 0 Å². The van der Waals surface area contributed by atoms with E-state index in [9.17, 15) is 8.42 Å². The van der Waals surface area contributed by atoms with Gasteiger partial charge < -0.3 is 4.57 Å². The molecule has 0 amide bonds. The Balaban J connectivity index is 2.00. The van der Waals surface area contributed by atoms with Crippen LogP contribution in [0.25, 0.3) is 0 Å². The van der Waals surface area contributed by atoms with Crippen molar-refractivity contribution in [1.29, 1.82) is 0 Å². The summed E-state index contributed by atoms with van der Waals surface area (Å²) < 4.78 is 29.4. The third-order valence-corrected chi connectivity index (χ3v) is 7.18. The van der Waals surface area contributed by atoms with E-state index in [1.807, 2.05) is 26.0 Å². The number of thiazole rings is 1. The number of fused-ring (bicyclic) bond motifs is 1. The van der Waals surface area contributed by atoms with Crippen molar-refractivity contribution in [1.82, 2.24) is 13.9 Å². The van der Waals surface area contributed by atoms with Crippen LogP contribution in [0.1, 0.15) is 24.4 Å². The van der Waals surface area contributed by atoms with Crippen molar-refractivity contribution >= 4 is 33.0 Å². The van der Waals surface area contributed by atoms with Gasteiger partial charge in [-0.1, -0.05) is 22.9 Å². The zero-order valence-corrected chi connectivity index (χ0v) is 13.5. The molecule has 2 aromatic heterocycles. The molecule has 0 aromatic carbocycles. The fourth-order valence-electron chi connectivity index (χ4n) is 2.60. The molecule has 0 bridgehead atoms. The van der Waals surface area contributed by atoms with Crippen LogP contribution in [0.5, 0.6) is 0 Å². The zero-order valence-electron chi connectivity index (χ0n) is 11.1. The number of halogens is 1. The van der Waals surface area contributed by atoms with Gasteiger partial charge in [0.1, 0.15) is 0 Å². The van der Waals surface area contributed by atoms with Gasteiger partial charge in [-0.3, -0.25) is 0 Å². The maximum Gasteiger partial charge on any atom is 0.254 e. The lowest BCUT2D eigenvalue weighted by atomic mass is 10.2. The van der Waals surface area contributed by atoms with Gasteiger partial charge >= 0.3 is 0 Å². The summed E-state index contributed by atoms with van der Waals surface area (Å²) in [6, 6.07) is 3.82. The topological polar surface area (TPSA) is 55.2 Å². The molecule has 8 heteroatoms. The normalized spacial score (nSPS) is 20.1. The minimum absolute atomic E-state index is 0.191. The quantitative estimate of drug-likeness (QED) is 0.850. The first-order valence-corrected chi connectivity index (χ1v) is 8.84. The van der Waals surface area contributed by atoms with E-state index in [2.05, 4.69) is 9.55 Å². The summed E-state index contributed by atoms with van der Waals surface area (Å²) in [5.74, 6) is 0. The van der Waals surface area contributed by atoms with Crippen molar-refractivity contribution in [3.8, 4) is 0 Å². The minimum Gasteiger partial charge on any atom is -0.346 e. The summed E-state index contributed by atoms with van der Waals surface area (Å²) in [5, 5.41) is 0. The number of rotatable bonds is 2. The predicted octanol–water partition coefficient (Wildman–Crippen LogP) is 2.67. The first kappa shape index (κ1) is 14.1. The van der Waals surface area contributed by atoms with Gasteiger partial charge in [0, 0.05) is 24.5 Å². The fraction of sp³-hybridized carbons (Fsp3) is 0.417. The van der Waals surface area contributed by atoms with Crippen LogP contribution in [0.2, 0.25) is 4.47 Å². The van der Waals surface area contributed by atoms with Gasteiger partial charge in [0.05, 0.1) is 12.2 Å². The molecule has 5 nitrogen and oxygen atoms in total. The van der Waals surface area contributed by atoms with Crippen LogP contribution < -0.4 is 0 Å². The Kier molecular flexibility index (Phi) is 3.40. The van der Waals surface area contributed by atoms with Gasteiger partial charge in [-0.25, -0.2) is 13.4 Å². The van der Waals surface area contributed by atoms with E-state index in [1.54, 1.807) is 0 Å². The molecule has 108 valence electrons. The highest BCUT2D eigenvalue weighted by Gasteiger charge is 2.35. The first-order chi connectivity index (χ1) is 9.41. The van der Waals surface area contributed by atoms with Crippen LogP contribution >= 0.6 is 22.9 Å². The zero-order chi connectivity index (χ0) is 14.5. The molecule has 1 atom stereocenters. The highest BCUT2D eigenvalue weighted by atomic mass is 35.5. The molecule has 3 rings (SSSR count). The van der Waals surface area contributed by atoms with E-state index >= 15 is 0 Å². The smallest absolute Gasteiger partial charge is 0.254 e. The standard InChI is InChI=1S/C12H14ClN3O2S2/c1-8-3-4-10-9(2)16(6-5-15(8)10)20(17,18)11-7-14-12(13)19-11/h3-4,7,9H,5-6H2,1-2H3. The number of sulfonamides is 1. The molecule has 1 aliphatic rings. The van der Waals surface area contributed by atoms with Crippen molar-refractivity contribution in [2.24, 2.45) is 0 Å². The average Bonchev–Trinajstić information content (AvgIpc) is 2.98. The molecule has 0 fully saturated rings. The van der Waals surface area contributed by atoms with Crippen molar-refractivity contribution in [3.63, 3.8) is 0 Å². The lowest BCUT2D eigenvalue weighted by Gasteiger charge is -2.33. The van der Waals surface area contributed by atoms with Gasteiger partial charge in [0.2, 0.25) is 0 Å². The second-order valence-electron chi connectivity index (χ2n) is 4.78. The molecule has 0 radical (unpaired) electrons. The first-order valence-electron chi connectivity index (χ1n) is 6.20. The van der Waals surface area contributed by atoms with E-state index in [4.69, 9.17) is 11.6 Å². The molecule has 0 saturated heterocycles. The summed E-state index contributed by atoms with van der Waals surface area (Å²) in [5.41, 5.74) is 2.18. The van der Waals surface area contributed by atoms with E-state index in [1.165, 1.54) is 10.5 Å². The molecular weight excluding hydrogens is 318 g/mol. The van der Waals surface area contributed by atoms with Crippen LogP contribution in [0.3, 0.4) is 0 Å². The van der Waals surface area contributed by atoms with Gasteiger partial charge in [-0.2, -0.15) is 4.31 Å². The van der Waals surface area contributed by atoms with E-state index in [0.29, 0.717) is 13.1 Å². The maximum atomic E-state index is 12.7.